The highest BCUT2D eigenvalue weighted by molar-refractivity contribution is 6.33. The SMILES string of the molecule is N[B]C(F)(F)F. The number of nitrogens with two attached hydrogens (primary N) is 1. The van der Waals surface area contributed by atoms with Gasteiger partial charge < -0.3 is 5.64 Å². The number of hydrogen-bond acceptors (Lipinski definition) is 1. The van der Waals surface area contributed by atoms with Gasteiger partial charge in [-0.2, -0.15) is 13.2 Å². The van der Waals surface area contributed by atoms with E-state index in [-0.39, 0.29) is 7.41 Å². The van der Waals surface area contributed by atoms with E-state index >= 15 is 0 Å². The van der Waals surface area contributed by atoms with Gasteiger partial charge in [-0.3, -0.25) is 0 Å². The molecule has 0 fully saturated rings. The highest BCUT2D eigenvalue weighted by atomic mass is 19.4. The Balaban J connectivity index is 3.17. The van der Waals surface area contributed by atoms with Crippen molar-refractivity contribution in [2.75, 3.05) is 0 Å². The van der Waals surface area contributed by atoms with Crippen molar-refractivity contribution in [3.63, 3.8) is 0 Å². The molecule has 0 spiro atoms. The summed E-state index contributed by atoms with van der Waals surface area (Å²) in [5, 5.41) is 0. The van der Waals surface area contributed by atoms with Crippen LogP contribution in [0.5, 0.6) is 0 Å². The molecule has 0 saturated carbocycles. The smallest absolute Gasteiger partial charge is 0.357 e. The molecule has 1 radical (unpaired) electrons. The number of hydrogen-bond donors (Lipinski definition) is 1. The van der Waals surface area contributed by atoms with Gasteiger partial charge in [-0.1, -0.05) is 0 Å². The van der Waals surface area contributed by atoms with Crippen molar-refractivity contribution in [3.05, 3.63) is 0 Å². The first-order valence-electron chi connectivity index (χ1n) is 1.19. The second-order valence-corrected chi connectivity index (χ2v) is 0.708. The van der Waals surface area contributed by atoms with Crippen molar-refractivity contribution >= 4 is 7.41 Å². The van der Waals surface area contributed by atoms with E-state index in [9.17, 15) is 13.2 Å². The molecule has 0 aliphatic carbocycles. The van der Waals surface area contributed by atoms with E-state index in [4.69, 9.17) is 0 Å². The van der Waals surface area contributed by atoms with Gasteiger partial charge in [0.1, 0.15) is 0 Å². The third-order valence-electron chi connectivity index (χ3n) is 0.189. The molecule has 0 amide bonds. The maximum atomic E-state index is 10.6. The van der Waals surface area contributed by atoms with Crippen LogP contribution in [0.3, 0.4) is 0 Å². The highest BCUT2D eigenvalue weighted by Gasteiger charge is 2.25. The molecule has 0 aromatic carbocycles. The molecule has 0 aliphatic heterocycles. The molecule has 0 unspecified atom stereocenters. The zero-order valence-corrected chi connectivity index (χ0v) is 2.79. The molecule has 0 aliphatic rings. The Morgan fingerprint density at radius 2 is 1.50 bits per heavy atom. The largest absolute Gasteiger partial charge is 0.366 e. The molecule has 6 heavy (non-hydrogen) atoms. The van der Waals surface area contributed by atoms with Gasteiger partial charge in [0.25, 0.3) is 0 Å². The third kappa shape index (κ3) is 3.81. The van der Waals surface area contributed by atoms with Crippen molar-refractivity contribution < 1.29 is 13.2 Å². The predicted molar refractivity (Wildman–Crippen MR) is 16.0 cm³/mol. The topological polar surface area (TPSA) is 26.0 Å². The summed E-state index contributed by atoms with van der Waals surface area (Å²) in [6, 6.07) is 0. The lowest BCUT2D eigenvalue weighted by Gasteiger charge is -1.94. The van der Waals surface area contributed by atoms with Crippen LogP contribution in [0.1, 0.15) is 0 Å². The van der Waals surface area contributed by atoms with Gasteiger partial charge in [0.05, 0.1) is 0 Å². The molecule has 0 aromatic heterocycles. The van der Waals surface area contributed by atoms with Crippen LogP contribution in [0, 0.1) is 0 Å². The van der Waals surface area contributed by atoms with Crippen molar-refractivity contribution in [3.8, 4) is 0 Å². The van der Waals surface area contributed by atoms with E-state index in [0.29, 0.717) is 0 Å². The number of rotatable bonds is 0. The summed E-state index contributed by atoms with van der Waals surface area (Å²) in [6.07, 6.45) is -4.31. The normalized spacial score (nSPS) is 11.3. The zero-order valence-electron chi connectivity index (χ0n) is 2.79. The molecule has 0 bridgehead atoms. The second kappa shape index (κ2) is 1.51. The van der Waals surface area contributed by atoms with Crippen molar-refractivity contribution in [2.45, 2.75) is 6.08 Å². The molecule has 0 aromatic rings. The Hall–Kier alpha value is -0.185. The van der Waals surface area contributed by atoms with Crippen LogP contribution in [0.4, 0.5) is 13.2 Å². The Kier molecular flexibility index (Phi) is 1.46. The van der Waals surface area contributed by atoms with Crippen molar-refractivity contribution in [1.82, 2.24) is 0 Å². The fourth-order valence-electron chi connectivity index (χ4n) is 0. The quantitative estimate of drug-likeness (QED) is 0.424. The lowest BCUT2D eigenvalue weighted by molar-refractivity contribution is -0.0472. The van der Waals surface area contributed by atoms with Gasteiger partial charge in [-0.25, -0.2) is 0 Å². The molecule has 0 saturated heterocycles. The molecule has 2 N–H and O–H groups in total. The van der Waals surface area contributed by atoms with Gasteiger partial charge in [0.2, 0.25) is 0 Å². The van der Waals surface area contributed by atoms with Crippen molar-refractivity contribution in [2.24, 2.45) is 5.64 Å². The van der Waals surface area contributed by atoms with E-state index in [1.807, 2.05) is 0 Å². The fourth-order valence-corrected chi connectivity index (χ4v) is 0. The molecule has 1 nitrogen and oxygen atoms in total. The molecule has 5 heteroatoms. The summed E-state index contributed by atoms with van der Waals surface area (Å²) < 4.78 is 31.8. The molecule has 0 heterocycles. The monoisotopic (exact) mass is 96.0 g/mol. The van der Waals surface area contributed by atoms with Gasteiger partial charge in [0.15, 0.2) is 0 Å². The van der Waals surface area contributed by atoms with Gasteiger partial charge >= 0.3 is 13.5 Å². The van der Waals surface area contributed by atoms with Crippen LogP contribution in [0.2, 0.25) is 0 Å². The van der Waals surface area contributed by atoms with Gasteiger partial charge in [0, 0.05) is 0 Å². The van der Waals surface area contributed by atoms with Crippen LogP contribution in [-0.4, -0.2) is 13.5 Å². The van der Waals surface area contributed by atoms with Crippen molar-refractivity contribution in [1.29, 1.82) is 0 Å². The number of halogens is 3. The molecule has 0 rings (SSSR count). The Labute approximate surface area is 33.6 Å². The van der Waals surface area contributed by atoms with Gasteiger partial charge in [-0.05, 0) is 0 Å². The van der Waals surface area contributed by atoms with E-state index in [1.54, 1.807) is 0 Å². The Bertz CT molecular complexity index is 40.5. The van der Waals surface area contributed by atoms with E-state index in [1.165, 1.54) is 0 Å². The Morgan fingerprint density at radius 1 is 1.33 bits per heavy atom. The first-order valence-corrected chi connectivity index (χ1v) is 1.19. The third-order valence-corrected chi connectivity index (χ3v) is 0.189. The standard InChI is InChI=1S/CH2BF3N/c3-1(4,5)2-6/h6H2. The molecule has 35 valence electrons. The van der Waals surface area contributed by atoms with E-state index < -0.39 is 6.08 Å². The minimum Gasteiger partial charge on any atom is -0.366 e. The predicted octanol–water partition coefficient (Wildman–Crippen LogP) is 0.0841. The number of alkyl halides is 3. The van der Waals surface area contributed by atoms with E-state index in [0.717, 1.165) is 0 Å². The van der Waals surface area contributed by atoms with Crippen LogP contribution in [0.15, 0.2) is 0 Å². The van der Waals surface area contributed by atoms with Crippen LogP contribution in [0.25, 0.3) is 0 Å². The maximum absolute atomic E-state index is 10.6. The summed E-state index contributed by atoms with van der Waals surface area (Å²) >= 11 is 0. The first kappa shape index (κ1) is 5.81. The zero-order chi connectivity index (χ0) is 5.21. The minimum absolute atomic E-state index is 0.312. The highest BCUT2D eigenvalue weighted by Crippen LogP contribution is 2.08. The van der Waals surface area contributed by atoms with Crippen LogP contribution < -0.4 is 5.64 Å². The Morgan fingerprint density at radius 3 is 1.50 bits per heavy atom. The average Bonchev–Trinajstić information content (AvgIpc) is 1.35. The van der Waals surface area contributed by atoms with E-state index in [2.05, 4.69) is 5.64 Å². The summed E-state index contributed by atoms with van der Waals surface area (Å²) in [5.41, 5.74) is 4.06. The lowest BCUT2D eigenvalue weighted by atomic mass is 9.98. The summed E-state index contributed by atoms with van der Waals surface area (Å²) in [6.45, 7) is 0. The van der Waals surface area contributed by atoms with Gasteiger partial charge in [-0.15, -0.1) is 0 Å². The molecular formula is CH2BF3N. The second-order valence-electron chi connectivity index (χ2n) is 0.708. The van der Waals surface area contributed by atoms with Crippen LogP contribution in [-0.2, 0) is 0 Å². The molecule has 0 atom stereocenters. The molecular weight excluding hydrogens is 93.8 g/mol. The average molecular weight is 95.8 g/mol. The fraction of sp³-hybridized carbons (Fsp3) is 1.00. The first-order chi connectivity index (χ1) is 2.56. The van der Waals surface area contributed by atoms with Crippen LogP contribution >= 0.6 is 0 Å². The summed E-state index contributed by atoms with van der Waals surface area (Å²) in [7, 11) is -0.312. The maximum Gasteiger partial charge on any atom is 0.357 e. The lowest BCUT2D eigenvalue weighted by Crippen LogP contribution is -2.26. The summed E-state index contributed by atoms with van der Waals surface area (Å²) in [4.78, 5) is 0. The summed E-state index contributed by atoms with van der Waals surface area (Å²) in [5.74, 6) is 0. The minimum atomic E-state index is -4.31.